The van der Waals surface area contributed by atoms with Crippen LogP contribution in [0.5, 0.6) is 0 Å². The Bertz CT molecular complexity index is 461. The van der Waals surface area contributed by atoms with Gasteiger partial charge in [-0.15, -0.1) is 0 Å². The lowest BCUT2D eigenvalue weighted by Crippen LogP contribution is -2.47. The van der Waals surface area contributed by atoms with E-state index in [9.17, 15) is 0 Å². The van der Waals surface area contributed by atoms with E-state index >= 15 is 0 Å². The molecule has 0 spiro atoms. The molecule has 2 N–H and O–H groups in total. The second kappa shape index (κ2) is 6.07. The van der Waals surface area contributed by atoms with Gasteiger partial charge >= 0.3 is 0 Å². The van der Waals surface area contributed by atoms with Gasteiger partial charge in [0.15, 0.2) is 0 Å². The van der Waals surface area contributed by atoms with Gasteiger partial charge in [-0.2, -0.15) is 5.10 Å². The Balaban J connectivity index is 1.46. The fourth-order valence-electron chi connectivity index (χ4n) is 3.10. The Morgan fingerprint density at radius 1 is 1.43 bits per heavy atom. The van der Waals surface area contributed by atoms with Crippen LogP contribution in [0.1, 0.15) is 44.9 Å². The van der Waals surface area contributed by atoms with E-state index in [4.69, 9.17) is 4.74 Å². The molecule has 0 radical (unpaired) electrons. The van der Waals surface area contributed by atoms with Crippen molar-refractivity contribution in [1.82, 2.24) is 20.4 Å². The highest BCUT2D eigenvalue weighted by Gasteiger charge is 2.32. The molecule has 1 aliphatic heterocycles. The number of morpholine rings is 1. The van der Waals surface area contributed by atoms with Gasteiger partial charge in [0.05, 0.1) is 18.9 Å². The lowest BCUT2D eigenvalue weighted by molar-refractivity contribution is -0.0301. The van der Waals surface area contributed by atoms with Crippen molar-refractivity contribution < 1.29 is 4.74 Å². The number of nitrogens with one attached hydrogen (secondary N) is 2. The third kappa shape index (κ3) is 3.84. The molecule has 118 valence electrons. The number of rotatable bonds is 5. The predicted octanol–water partition coefficient (Wildman–Crippen LogP) is 1.66. The molecule has 2 aliphatic rings. The van der Waals surface area contributed by atoms with E-state index in [1.165, 1.54) is 24.1 Å². The Hall–Kier alpha value is -0.910. The van der Waals surface area contributed by atoms with Crippen LogP contribution in [0, 0.1) is 0 Å². The van der Waals surface area contributed by atoms with Crippen molar-refractivity contribution in [3.05, 3.63) is 17.5 Å². The zero-order chi connectivity index (χ0) is 14.9. The molecule has 0 amide bonds. The van der Waals surface area contributed by atoms with Crippen LogP contribution in [-0.4, -0.2) is 53.5 Å². The van der Waals surface area contributed by atoms with Gasteiger partial charge in [0.1, 0.15) is 0 Å². The van der Waals surface area contributed by atoms with E-state index in [1.54, 1.807) is 0 Å². The van der Waals surface area contributed by atoms with E-state index in [1.807, 2.05) is 6.20 Å². The zero-order valence-electron chi connectivity index (χ0n) is 13.5. The van der Waals surface area contributed by atoms with Crippen LogP contribution in [0.15, 0.2) is 6.20 Å². The molecule has 1 aromatic rings. The van der Waals surface area contributed by atoms with E-state index in [2.05, 4.69) is 41.2 Å². The first-order valence-corrected chi connectivity index (χ1v) is 8.13. The normalized spacial score (nSPS) is 24.4. The summed E-state index contributed by atoms with van der Waals surface area (Å²) in [7, 11) is 0. The van der Waals surface area contributed by atoms with Crippen LogP contribution in [0.2, 0.25) is 0 Å². The van der Waals surface area contributed by atoms with Crippen LogP contribution >= 0.6 is 0 Å². The molecule has 1 atom stereocenters. The maximum atomic E-state index is 5.88. The summed E-state index contributed by atoms with van der Waals surface area (Å²) in [5, 5.41) is 10.9. The molecule has 0 bridgehead atoms. The molecule has 5 nitrogen and oxygen atoms in total. The van der Waals surface area contributed by atoms with Crippen molar-refractivity contribution in [3.8, 4) is 0 Å². The molecule has 5 heteroatoms. The standard InChI is InChI=1S/C16H28N4O/c1-16(2,3)15-12(9-18-19-15)8-17-10-14-11-20(6-7-21-14)13-4-5-13/h9,13-14,17H,4-8,10-11H2,1-3H3,(H,18,19). The molecule has 1 saturated carbocycles. The van der Waals surface area contributed by atoms with Crippen LogP contribution in [-0.2, 0) is 16.7 Å². The van der Waals surface area contributed by atoms with Crippen molar-refractivity contribution in [1.29, 1.82) is 0 Å². The van der Waals surface area contributed by atoms with Gasteiger partial charge in [0.25, 0.3) is 0 Å². The van der Waals surface area contributed by atoms with Gasteiger partial charge in [-0.05, 0) is 12.8 Å². The monoisotopic (exact) mass is 292 g/mol. The number of hydrogen-bond donors (Lipinski definition) is 2. The predicted molar refractivity (Wildman–Crippen MR) is 83.3 cm³/mol. The topological polar surface area (TPSA) is 53.2 Å². The van der Waals surface area contributed by atoms with Gasteiger partial charge in [0.2, 0.25) is 0 Å². The largest absolute Gasteiger partial charge is 0.374 e. The third-order valence-electron chi connectivity index (χ3n) is 4.39. The van der Waals surface area contributed by atoms with Crippen LogP contribution in [0.3, 0.4) is 0 Å². The molecule has 1 aliphatic carbocycles. The molecule has 1 aromatic heterocycles. The number of aromatic amines is 1. The summed E-state index contributed by atoms with van der Waals surface area (Å²) in [6.07, 6.45) is 5.02. The molecule has 1 saturated heterocycles. The van der Waals surface area contributed by atoms with E-state index in [0.29, 0.717) is 6.10 Å². The van der Waals surface area contributed by atoms with Crippen molar-refractivity contribution >= 4 is 0 Å². The average Bonchev–Trinajstić information content (AvgIpc) is 3.17. The minimum atomic E-state index is 0.109. The summed E-state index contributed by atoms with van der Waals surface area (Å²) in [4.78, 5) is 2.59. The van der Waals surface area contributed by atoms with Crippen molar-refractivity contribution in [2.75, 3.05) is 26.2 Å². The van der Waals surface area contributed by atoms with Gasteiger partial charge in [-0.25, -0.2) is 0 Å². The third-order valence-corrected chi connectivity index (χ3v) is 4.39. The van der Waals surface area contributed by atoms with Gasteiger partial charge in [-0.1, -0.05) is 20.8 Å². The molecular weight excluding hydrogens is 264 g/mol. The molecule has 21 heavy (non-hydrogen) atoms. The Morgan fingerprint density at radius 3 is 2.95 bits per heavy atom. The lowest BCUT2D eigenvalue weighted by atomic mass is 9.89. The molecular formula is C16H28N4O. The van der Waals surface area contributed by atoms with E-state index in [0.717, 1.165) is 38.8 Å². The summed E-state index contributed by atoms with van der Waals surface area (Å²) < 4.78 is 5.88. The van der Waals surface area contributed by atoms with Gasteiger partial charge < -0.3 is 10.1 Å². The highest BCUT2D eigenvalue weighted by Crippen LogP contribution is 2.28. The fourth-order valence-corrected chi connectivity index (χ4v) is 3.10. The second-order valence-corrected chi connectivity index (χ2v) is 7.37. The molecule has 0 aromatic carbocycles. The summed E-state index contributed by atoms with van der Waals surface area (Å²) >= 11 is 0. The van der Waals surface area contributed by atoms with Crippen LogP contribution in [0.4, 0.5) is 0 Å². The van der Waals surface area contributed by atoms with Crippen molar-refractivity contribution in [2.45, 2.75) is 57.7 Å². The molecule has 2 heterocycles. The molecule has 1 unspecified atom stereocenters. The van der Waals surface area contributed by atoms with Crippen LogP contribution in [0.25, 0.3) is 0 Å². The Morgan fingerprint density at radius 2 is 2.24 bits per heavy atom. The van der Waals surface area contributed by atoms with Crippen molar-refractivity contribution in [2.24, 2.45) is 0 Å². The summed E-state index contributed by atoms with van der Waals surface area (Å²) in [6.45, 7) is 11.5. The Kier molecular flexibility index (Phi) is 4.33. The molecule has 2 fully saturated rings. The number of aromatic nitrogens is 2. The Labute approximate surface area is 127 Å². The number of hydrogen-bond acceptors (Lipinski definition) is 4. The highest BCUT2D eigenvalue weighted by molar-refractivity contribution is 5.23. The zero-order valence-corrected chi connectivity index (χ0v) is 13.5. The number of ether oxygens (including phenoxy) is 1. The van der Waals surface area contributed by atoms with Crippen LogP contribution < -0.4 is 5.32 Å². The summed E-state index contributed by atoms with van der Waals surface area (Å²) in [6, 6.07) is 0.845. The highest BCUT2D eigenvalue weighted by atomic mass is 16.5. The SMILES string of the molecule is CC(C)(C)c1[nH]ncc1CNCC1CN(C2CC2)CCO1. The van der Waals surface area contributed by atoms with E-state index in [-0.39, 0.29) is 5.41 Å². The first-order valence-electron chi connectivity index (χ1n) is 8.13. The summed E-state index contributed by atoms with van der Waals surface area (Å²) in [5.74, 6) is 0. The maximum absolute atomic E-state index is 5.88. The smallest absolute Gasteiger partial charge is 0.0826 e. The minimum Gasteiger partial charge on any atom is -0.374 e. The quantitative estimate of drug-likeness (QED) is 0.866. The van der Waals surface area contributed by atoms with Gasteiger partial charge in [0, 0.05) is 48.9 Å². The first-order chi connectivity index (χ1) is 10.0. The first kappa shape index (κ1) is 15.0. The minimum absolute atomic E-state index is 0.109. The maximum Gasteiger partial charge on any atom is 0.0826 e. The van der Waals surface area contributed by atoms with Gasteiger partial charge in [-0.3, -0.25) is 10.00 Å². The average molecular weight is 292 g/mol. The van der Waals surface area contributed by atoms with E-state index < -0.39 is 0 Å². The second-order valence-electron chi connectivity index (χ2n) is 7.37. The number of H-pyrrole nitrogens is 1. The summed E-state index contributed by atoms with van der Waals surface area (Å²) in [5.41, 5.74) is 2.59. The van der Waals surface area contributed by atoms with Crippen molar-refractivity contribution in [3.63, 3.8) is 0 Å². The number of nitrogens with zero attached hydrogens (tertiary/aromatic N) is 2. The fraction of sp³-hybridized carbons (Fsp3) is 0.812. The lowest BCUT2D eigenvalue weighted by Gasteiger charge is -2.33. The molecule has 3 rings (SSSR count).